The van der Waals surface area contributed by atoms with E-state index < -0.39 is 0 Å². The van der Waals surface area contributed by atoms with Gasteiger partial charge in [0, 0.05) is 0 Å². The lowest BCUT2D eigenvalue weighted by Gasteiger charge is -2.06. The first kappa shape index (κ1) is 12.4. The highest BCUT2D eigenvalue weighted by Crippen LogP contribution is 2.26. The maximum absolute atomic E-state index is 10.4. The van der Waals surface area contributed by atoms with Crippen molar-refractivity contribution in [1.82, 2.24) is 0 Å². The third-order valence-electron chi connectivity index (χ3n) is 2.30. The van der Waals surface area contributed by atoms with Crippen molar-refractivity contribution in [1.29, 1.82) is 0 Å². The second-order valence-electron chi connectivity index (χ2n) is 3.59. The molecule has 18 heavy (non-hydrogen) atoms. The molecule has 0 aliphatic carbocycles. The number of benzene rings is 2. The molecule has 2 nitrogen and oxygen atoms in total. The van der Waals surface area contributed by atoms with Gasteiger partial charge >= 0.3 is 0 Å². The number of carbonyl (C=O) groups excluding carboxylic acids is 1. The van der Waals surface area contributed by atoms with Gasteiger partial charge in [-0.25, -0.2) is 0 Å². The molecule has 0 aromatic heterocycles. The van der Waals surface area contributed by atoms with Crippen LogP contribution in [0.2, 0.25) is 0 Å². The molecule has 0 saturated carbocycles. The average molecular weight is 259 g/mol. The molecule has 0 aliphatic rings. The largest absolute Gasteiger partial charge is 0.457 e. The highest BCUT2D eigenvalue weighted by atomic mass is 35.5. The lowest BCUT2D eigenvalue weighted by Crippen LogP contribution is -1.85. The Kier molecular flexibility index (Phi) is 4.15. The number of aldehydes is 1. The van der Waals surface area contributed by atoms with Crippen LogP contribution in [-0.4, -0.2) is 6.29 Å². The van der Waals surface area contributed by atoms with Crippen LogP contribution in [0.25, 0.3) is 5.03 Å². The third kappa shape index (κ3) is 3.22. The summed E-state index contributed by atoms with van der Waals surface area (Å²) in [5.41, 5.74) is 0.747. The number of rotatable bonds is 4. The van der Waals surface area contributed by atoms with Crippen LogP contribution >= 0.6 is 11.6 Å². The number of hydrogen-bond acceptors (Lipinski definition) is 2. The highest BCUT2D eigenvalue weighted by Gasteiger charge is 2.01. The minimum Gasteiger partial charge on any atom is -0.457 e. The molecule has 0 amide bonds. The zero-order chi connectivity index (χ0) is 12.8. The van der Waals surface area contributed by atoms with Gasteiger partial charge in [-0.1, -0.05) is 41.9 Å². The molecule has 0 spiro atoms. The Bertz CT molecular complexity index is 562. The number of para-hydroxylation sites is 1. The van der Waals surface area contributed by atoms with E-state index in [0.29, 0.717) is 17.1 Å². The molecule has 0 saturated heterocycles. The summed E-state index contributed by atoms with van der Waals surface area (Å²) in [6, 6.07) is 16.7. The Labute approximate surface area is 110 Å². The molecule has 2 aromatic rings. The van der Waals surface area contributed by atoms with Crippen molar-refractivity contribution in [3.8, 4) is 11.5 Å². The lowest BCUT2D eigenvalue weighted by molar-refractivity contribution is -0.104. The highest BCUT2D eigenvalue weighted by molar-refractivity contribution is 6.49. The van der Waals surface area contributed by atoms with Gasteiger partial charge in [0.15, 0.2) is 0 Å². The van der Waals surface area contributed by atoms with Crippen LogP contribution in [0, 0.1) is 0 Å². The summed E-state index contributed by atoms with van der Waals surface area (Å²) in [6.07, 6.45) is 1.97. The third-order valence-corrected chi connectivity index (χ3v) is 2.65. The van der Waals surface area contributed by atoms with E-state index in [2.05, 4.69) is 0 Å². The predicted octanol–water partition coefficient (Wildman–Crippen LogP) is 4.26. The Morgan fingerprint density at radius 3 is 2.44 bits per heavy atom. The van der Waals surface area contributed by atoms with Crippen LogP contribution in [0.5, 0.6) is 11.5 Å². The van der Waals surface area contributed by atoms with Crippen LogP contribution in [0.3, 0.4) is 0 Å². The average Bonchev–Trinajstić information content (AvgIpc) is 2.40. The standard InChI is InChI=1S/C15H11ClO2/c16-15(9-10-17)12-5-4-8-14(11-12)18-13-6-2-1-3-7-13/h1-11H/b15-9+. The van der Waals surface area contributed by atoms with E-state index in [0.717, 1.165) is 11.3 Å². The molecular weight excluding hydrogens is 248 g/mol. The smallest absolute Gasteiger partial charge is 0.144 e. The molecule has 2 aromatic carbocycles. The quantitative estimate of drug-likeness (QED) is 0.605. The molecule has 3 heteroatoms. The molecule has 0 bridgehead atoms. The molecule has 0 atom stereocenters. The van der Waals surface area contributed by atoms with Crippen molar-refractivity contribution in [2.24, 2.45) is 0 Å². The Hall–Kier alpha value is -2.06. The van der Waals surface area contributed by atoms with Gasteiger partial charge in [0.05, 0.1) is 5.03 Å². The minimum absolute atomic E-state index is 0.392. The Morgan fingerprint density at radius 1 is 1.00 bits per heavy atom. The van der Waals surface area contributed by atoms with E-state index in [1.54, 1.807) is 6.07 Å². The van der Waals surface area contributed by atoms with Crippen LogP contribution < -0.4 is 4.74 Å². The van der Waals surface area contributed by atoms with Gasteiger partial charge in [-0.2, -0.15) is 0 Å². The van der Waals surface area contributed by atoms with Crippen molar-refractivity contribution < 1.29 is 9.53 Å². The van der Waals surface area contributed by atoms with E-state index in [4.69, 9.17) is 16.3 Å². The van der Waals surface area contributed by atoms with Gasteiger partial charge < -0.3 is 4.74 Å². The van der Waals surface area contributed by atoms with E-state index in [1.165, 1.54) is 6.08 Å². The Balaban J connectivity index is 2.23. The van der Waals surface area contributed by atoms with Gasteiger partial charge in [-0.15, -0.1) is 0 Å². The van der Waals surface area contributed by atoms with Crippen LogP contribution in [-0.2, 0) is 4.79 Å². The first-order valence-corrected chi connectivity index (χ1v) is 5.81. The summed E-state index contributed by atoms with van der Waals surface area (Å²) in [4.78, 5) is 10.4. The van der Waals surface area contributed by atoms with Gasteiger partial charge in [0.2, 0.25) is 0 Å². The van der Waals surface area contributed by atoms with Crippen LogP contribution in [0.1, 0.15) is 5.56 Å². The predicted molar refractivity (Wildman–Crippen MR) is 72.9 cm³/mol. The van der Waals surface area contributed by atoms with Crippen LogP contribution in [0.4, 0.5) is 0 Å². The van der Waals surface area contributed by atoms with E-state index in [-0.39, 0.29) is 0 Å². The SMILES string of the molecule is O=C/C=C(/Cl)c1cccc(Oc2ccccc2)c1. The fourth-order valence-corrected chi connectivity index (χ4v) is 1.66. The first-order chi connectivity index (χ1) is 8.79. The van der Waals surface area contributed by atoms with Crippen molar-refractivity contribution in [3.05, 3.63) is 66.2 Å². The summed E-state index contributed by atoms with van der Waals surface area (Å²) in [5.74, 6) is 1.43. The number of hydrogen-bond donors (Lipinski definition) is 0. The lowest BCUT2D eigenvalue weighted by atomic mass is 10.2. The number of allylic oxidation sites excluding steroid dienone is 1. The van der Waals surface area contributed by atoms with Gasteiger partial charge in [-0.3, -0.25) is 4.79 Å². The zero-order valence-electron chi connectivity index (χ0n) is 9.55. The van der Waals surface area contributed by atoms with Gasteiger partial charge in [0.1, 0.15) is 17.8 Å². The second-order valence-corrected chi connectivity index (χ2v) is 4.00. The summed E-state index contributed by atoms with van der Waals surface area (Å²) < 4.78 is 5.67. The molecule has 0 unspecified atom stereocenters. The minimum atomic E-state index is 0.392. The van der Waals surface area contributed by atoms with E-state index >= 15 is 0 Å². The fraction of sp³-hybridized carbons (Fsp3) is 0. The Morgan fingerprint density at radius 2 is 1.72 bits per heavy atom. The van der Waals surface area contributed by atoms with Crippen molar-refractivity contribution in [3.63, 3.8) is 0 Å². The summed E-state index contributed by atoms with van der Waals surface area (Å²) in [5, 5.41) is 0.392. The summed E-state index contributed by atoms with van der Waals surface area (Å²) in [7, 11) is 0. The summed E-state index contributed by atoms with van der Waals surface area (Å²) in [6.45, 7) is 0. The monoisotopic (exact) mass is 258 g/mol. The second kappa shape index (κ2) is 6.03. The van der Waals surface area contributed by atoms with Gasteiger partial charge in [-0.05, 0) is 35.9 Å². The van der Waals surface area contributed by atoms with Gasteiger partial charge in [0.25, 0.3) is 0 Å². The number of halogens is 1. The molecule has 0 aliphatic heterocycles. The zero-order valence-corrected chi connectivity index (χ0v) is 10.3. The first-order valence-electron chi connectivity index (χ1n) is 5.44. The molecular formula is C15H11ClO2. The maximum atomic E-state index is 10.4. The van der Waals surface area contributed by atoms with E-state index in [9.17, 15) is 4.79 Å². The van der Waals surface area contributed by atoms with Crippen LogP contribution in [0.15, 0.2) is 60.7 Å². The molecule has 0 fully saturated rings. The molecule has 90 valence electrons. The molecule has 0 N–H and O–H groups in total. The van der Waals surface area contributed by atoms with E-state index in [1.807, 2.05) is 48.5 Å². The normalized spacial score (nSPS) is 11.1. The molecule has 0 heterocycles. The van der Waals surface area contributed by atoms with Crippen molar-refractivity contribution in [2.45, 2.75) is 0 Å². The number of carbonyl (C=O) groups is 1. The number of ether oxygens (including phenoxy) is 1. The van der Waals surface area contributed by atoms with Crippen molar-refractivity contribution >= 4 is 22.9 Å². The molecule has 0 radical (unpaired) electrons. The van der Waals surface area contributed by atoms with Crippen molar-refractivity contribution in [2.75, 3.05) is 0 Å². The fourth-order valence-electron chi connectivity index (χ4n) is 1.49. The molecule has 2 rings (SSSR count). The topological polar surface area (TPSA) is 26.3 Å². The maximum Gasteiger partial charge on any atom is 0.144 e. The summed E-state index contributed by atoms with van der Waals surface area (Å²) >= 11 is 5.96.